The molecule has 4 heteroatoms. The van der Waals surface area contributed by atoms with Crippen molar-refractivity contribution in [3.63, 3.8) is 0 Å². The molecule has 0 bridgehead atoms. The molecule has 0 fully saturated rings. The average molecular weight is 280 g/mol. The normalized spacial score (nSPS) is 11.2. The van der Waals surface area contributed by atoms with Gasteiger partial charge in [-0.3, -0.25) is 0 Å². The van der Waals surface area contributed by atoms with E-state index in [1.54, 1.807) is 6.08 Å². The van der Waals surface area contributed by atoms with Gasteiger partial charge >= 0.3 is 0 Å². The van der Waals surface area contributed by atoms with E-state index in [0.717, 1.165) is 23.6 Å². The third-order valence-corrected chi connectivity index (χ3v) is 2.96. The molecule has 0 saturated carbocycles. The van der Waals surface area contributed by atoms with Crippen LogP contribution in [0.15, 0.2) is 30.9 Å². The Labute approximate surface area is 121 Å². The maximum atomic E-state index is 9.27. The molecule has 0 unspecified atom stereocenters. The van der Waals surface area contributed by atoms with Crippen LogP contribution in [0.5, 0.6) is 11.5 Å². The summed E-state index contributed by atoms with van der Waals surface area (Å²) in [6.45, 7) is 11.6. The van der Waals surface area contributed by atoms with Crippen molar-refractivity contribution >= 4 is 0 Å². The van der Waals surface area contributed by atoms with E-state index in [-0.39, 0.29) is 12.1 Å². The highest BCUT2D eigenvalue weighted by molar-refractivity contribution is 5.42. The van der Waals surface area contributed by atoms with Crippen LogP contribution in [0, 0.1) is 0 Å². The first-order chi connectivity index (χ1) is 9.52. The fraction of sp³-hybridized carbons (Fsp3) is 0.500. The molecule has 0 aromatic heterocycles. The highest BCUT2D eigenvalue weighted by Gasteiger charge is 2.19. The molecule has 0 atom stereocenters. The number of benzene rings is 1. The van der Waals surface area contributed by atoms with Crippen molar-refractivity contribution in [2.45, 2.75) is 32.9 Å². The molecule has 0 aliphatic rings. The summed E-state index contributed by atoms with van der Waals surface area (Å²) in [4.78, 5) is 0. The van der Waals surface area contributed by atoms with Crippen molar-refractivity contribution in [3.8, 4) is 11.5 Å². The van der Waals surface area contributed by atoms with E-state index < -0.39 is 0 Å². The van der Waals surface area contributed by atoms with Crippen molar-refractivity contribution < 1.29 is 19.9 Å². The van der Waals surface area contributed by atoms with Crippen LogP contribution in [0.2, 0.25) is 0 Å². The van der Waals surface area contributed by atoms with Crippen molar-refractivity contribution in [1.29, 1.82) is 0 Å². The van der Waals surface area contributed by atoms with E-state index in [0.29, 0.717) is 13.2 Å². The number of ether oxygens (including phenoxy) is 2. The number of aliphatic hydroxyl groups excluding tert-OH is 1. The van der Waals surface area contributed by atoms with Gasteiger partial charge in [-0.1, -0.05) is 12.7 Å². The van der Waals surface area contributed by atoms with Gasteiger partial charge in [-0.05, 0) is 39.0 Å². The predicted octanol–water partition coefficient (Wildman–Crippen LogP) is 1.48. The molecule has 1 aromatic rings. The minimum absolute atomic E-state index is 0.145. The van der Waals surface area contributed by atoms with Gasteiger partial charge < -0.3 is 19.9 Å². The second-order valence-electron chi connectivity index (χ2n) is 5.37. The monoisotopic (exact) mass is 280 g/mol. The zero-order valence-corrected chi connectivity index (χ0v) is 12.7. The zero-order chi connectivity index (χ0) is 15.0. The van der Waals surface area contributed by atoms with Gasteiger partial charge in [-0.2, -0.15) is 0 Å². The number of rotatable bonds is 9. The number of hydrogen-bond acceptors (Lipinski definition) is 3. The van der Waals surface area contributed by atoms with Crippen molar-refractivity contribution in [2.75, 3.05) is 19.8 Å². The van der Waals surface area contributed by atoms with Crippen LogP contribution in [0.4, 0.5) is 0 Å². The van der Waals surface area contributed by atoms with Gasteiger partial charge in [0.15, 0.2) is 11.5 Å². The molecule has 0 amide bonds. The van der Waals surface area contributed by atoms with Gasteiger partial charge in [0.25, 0.3) is 0 Å². The topological polar surface area (TPSA) is 55.3 Å². The van der Waals surface area contributed by atoms with Gasteiger partial charge in [0, 0.05) is 5.56 Å². The van der Waals surface area contributed by atoms with E-state index in [4.69, 9.17) is 9.47 Å². The van der Waals surface area contributed by atoms with Crippen molar-refractivity contribution in [1.82, 2.24) is 0 Å². The van der Waals surface area contributed by atoms with Crippen LogP contribution in [0.25, 0.3) is 0 Å². The highest BCUT2D eigenvalue weighted by Crippen LogP contribution is 2.28. The minimum Gasteiger partial charge on any atom is -0.490 e. The third kappa shape index (κ3) is 5.23. The summed E-state index contributed by atoms with van der Waals surface area (Å²) in [6.07, 6.45) is 1.71. The van der Waals surface area contributed by atoms with E-state index in [1.807, 2.05) is 39.0 Å². The van der Waals surface area contributed by atoms with Crippen LogP contribution >= 0.6 is 0 Å². The standard InChI is InChI=1S/C16H25NO3/c1-5-9-20-14-8-7-13(10-15(14)19-6-2)11-17-16(3,4)12-18/h5,7-8,10,17-18H,1,6,9,11-12H2,2-4H3/p+1. The Morgan fingerprint density at radius 2 is 2.05 bits per heavy atom. The summed E-state index contributed by atoms with van der Waals surface area (Å²) in [5, 5.41) is 11.4. The summed E-state index contributed by atoms with van der Waals surface area (Å²) in [5.74, 6) is 1.49. The molecule has 0 aliphatic carbocycles. The number of aliphatic hydroxyl groups is 1. The van der Waals surface area contributed by atoms with Crippen LogP contribution in [0.3, 0.4) is 0 Å². The Bertz CT molecular complexity index is 430. The molecule has 0 aliphatic heterocycles. The van der Waals surface area contributed by atoms with Crippen molar-refractivity contribution in [3.05, 3.63) is 36.4 Å². The molecule has 3 N–H and O–H groups in total. The van der Waals surface area contributed by atoms with Gasteiger partial charge in [0.2, 0.25) is 0 Å². The third-order valence-electron chi connectivity index (χ3n) is 2.96. The van der Waals surface area contributed by atoms with E-state index in [9.17, 15) is 5.11 Å². The second kappa shape index (κ2) is 7.92. The minimum atomic E-state index is -0.177. The largest absolute Gasteiger partial charge is 0.490 e. The zero-order valence-electron chi connectivity index (χ0n) is 12.7. The predicted molar refractivity (Wildman–Crippen MR) is 80.1 cm³/mol. The lowest BCUT2D eigenvalue weighted by atomic mass is 10.1. The number of quaternary nitrogens is 1. The van der Waals surface area contributed by atoms with Gasteiger partial charge in [-0.15, -0.1) is 0 Å². The molecular formula is C16H26NO3+. The average Bonchev–Trinajstić information content (AvgIpc) is 2.44. The Balaban J connectivity index is 2.78. The molecule has 20 heavy (non-hydrogen) atoms. The van der Waals surface area contributed by atoms with Gasteiger partial charge in [-0.25, -0.2) is 0 Å². The summed E-state index contributed by atoms with van der Waals surface area (Å²) in [6, 6.07) is 5.93. The van der Waals surface area contributed by atoms with E-state index in [1.165, 1.54) is 0 Å². The Morgan fingerprint density at radius 1 is 1.30 bits per heavy atom. The van der Waals surface area contributed by atoms with Gasteiger partial charge in [0.05, 0.1) is 13.2 Å². The fourth-order valence-electron chi connectivity index (χ4n) is 1.67. The summed E-state index contributed by atoms with van der Waals surface area (Å²) in [5.41, 5.74) is 0.963. The Hall–Kier alpha value is -1.52. The lowest BCUT2D eigenvalue weighted by Crippen LogP contribution is -2.95. The second-order valence-corrected chi connectivity index (χ2v) is 5.37. The van der Waals surface area contributed by atoms with Crippen molar-refractivity contribution in [2.24, 2.45) is 0 Å². The molecule has 0 saturated heterocycles. The molecule has 4 nitrogen and oxygen atoms in total. The highest BCUT2D eigenvalue weighted by atomic mass is 16.5. The summed E-state index contributed by atoms with van der Waals surface area (Å²) < 4.78 is 11.2. The Morgan fingerprint density at radius 3 is 2.65 bits per heavy atom. The molecule has 1 rings (SSSR count). The first kappa shape index (κ1) is 16.5. The van der Waals surface area contributed by atoms with Gasteiger partial charge in [0.1, 0.15) is 18.7 Å². The molecule has 112 valence electrons. The quantitative estimate of drug-likeness (QED) is 0.674. The molecule has 1 aromatic carbocycles. The number of hydrogen-bond donors (Lipinski definition) is 2. The maximum absolute atomic E-state index is 9.27. The lowest BCUT2D eigenvalue weighted by Gasteiger charge is -2.20. The first-order valence-corrected chi connectivity index (χ1v) is 6.97. The van der Waals surface area contributed by atoms with Crippen LogP contribution in [-0.4, -0.2) is 30.5 Å². The molecule has 0 radical (unpaired) electrons. The molecule has 0 spiro atoms. The Kier molecular flexibility index (Phi) is 6.55. The first-order valence-electron chi connectivity index (χ1n) is 6.97. The summed E-state index contributed by atoms with van der Waals surface area (Å²) in [7, 11) is 0. The fourth-order valence-corrected chi connectivity index (χ4v) is 1.67. The van der Waals surface area contributed by atoms with E-state index >= 15 is 0 Å². The van der Waals surface area contributed by atoms with Crippen LogP contribution < -0.4 is 14.8 Å². The summed E-state index contributed by atoms with van der Waals surface area (Å²) >= 11 is 0. The van der Waals surface area contributed by atoms with E-state index in [2.05, 4.69) is 11.9 Å². The molecular weight excluding hydrogens is 254 g/mol. The smallest absolute Gasteiger partial charge is 0.161 e. The lowest BCUT2D eigenvalue weighted by molar-refractivity contribution is -0.736. The molecule has 0 heterocycles. The maximum Gasteiger partial charge on any atom is 0.161 e. The number of nitrogens with two attached hydrogens (primary N) is 1. The van der Waals surface area contributed by atoms with Crippen LogP contribution in [0.1, 0.15) is 26.3 Å². The van der Waals surface area contributed by atoms with Crippen LogP contribution in [-0.2, 0) is 6.54 Å². The SMILES string of the molecule is C=CCOc1ccc(C[NH2+]C(C)(C)CO)cc1OCC.